The number of hydrogen-bond donors (Lipinski definition) is 3. The van der Waals surface area contributed by atoms with Crippen LogP contribution in [0.15, 0.2) is 48.5 Å². The third kappa shape index (κ3) is 4.53. The molecular formula is C19H17F3N4O. The number of nitrogens with zero attached hydrogens (tertiary/aromatic N) is 2. The van der Waals surface area contributed by atoms with Gasteiger partial charge in [0.15, 0.2) is 11.6 Å². The van der Waals surface area contributed by atoms with Gasteiger partial charge in [-0.3, -0.25) is 0 Å². The van der Waals surface area contributed by atoms with Crippen LogP contribution in [0, 0.1) is 17.5 Å². The van der Waals surface area contributed by atoms with Crippen molar-refractivity contribution in [1.29, 1.82) is 0 Å². The number of anilines is 3. The third-order valence-electron chi connectivity index (χ3n) is 3.71. The summed E-state index contributed by atoms with van der Waals surface area (Å²) in [5.41, 5.74) is 0.752. The Morgan fingerprint density at radius 1 is 1.00 bits per heavy atom. The fraction of sp³-hybridized carbons (Fsp3) is 0.158. The van der Waals surface area contributed by atoms with Crippen molar-refractivity contribution in [2.75, 3.05) is 17.2 Å². The highest BCUT2D eigenvalue weighted by Crippen LogP contribution is 2.27. The van der Waals surface area contributed by atoms with Crippen molar-refractivity contribution in [2.24, 2.45) is 0 Å². The summed E-state index contributed by atoms with van der Waals surface area (Å²) in [6, 6.07) is 11.5. The smallest absolute Gasteiger partial charge is 0.225 e. The number of aliphatic hydroxyl groups is 1. The predicted molar refractivity (Wildman–Crippen MR) is 97.2 cm³/mol. The monoisotopic (exact) mass is 374 g/mol. The molecule has 0 saturated heterocycles. The Labute approximate surface area is 153 Å². The molecule has 0 aliphatic carbocycles. The highest BCUT2D eigenvalue weighted by Gasteiger charge is 2.15. The molecule has 1 aromatic heterocycles. The normalized spacial score (nSPS) is 11.9. The van der Waals surface area contributed by atoms with Crippen LogP contribution in [0.1, 0.15) is 6.92 Å². The lowest BCUT2D eigenvalue weighted by atomic mass is 10.1. The first-order valence-electron chi connectivity index (χ1n) is 8.19. The minimum absolute atomic E-state index is 0.112. The second-order valence-corrected chi connectivity index (χ2v) is 5.93. The molecule has 27 heavy (non-hydrogen) atoms. The van der Waals surface area contributed by atoms with Crippen molar-refractivity contribution < 1.29 is 18.3 Å². The van der Waals surface area contributed by atoms with Gasteiger partial charge in [-0.05, 0) is 6.92 Å². The maximum atomic E-state index is 14.0. The van der Waals surface area contributed by atoms with Crippen LogP contribution in [-0.2, 0) is 0 Å². The highest BCUT2D eigenvalue weighted by molar-refractivity contribution is 5.67. The molecule has 1 atom stereocenters. The Morgan fingerprint density at radius 2 is 1.67 bits per heavy atom. The number of nitrogens with one attached hydrogen (secondary N) is 2. The van der Waals surface area contributed by atoms with E-state index in [0.717, 1.165) is 5.56 Å². The van der Waals surface area contributed by atoms with E-state index < -0.39 is 23.1 Å². The molecule has 0 bridgehead atoms. The van der Waals surface area contributed by atoms with Gasteiger partial charge in [0, 0.05) is 29.8 Å². The number of hydrogen-bond acceptors (Lipinski definition) is 5. The fourth-order valence-corrected chi connectivity index (χ4v) is 2.39. The third-order valence-corrected chi connectivity index (χ3v) is 3.71. The summed E-state index contributed by atoms with van der Waals surface area (Å²) in [5.74, 6) is -2.89. The van der Waals surface area contributed by atoms with E-state index in [-0.39, 0.29) is 24.4 Å². The topological polar surface area (TPSA) is 70.1 Å². The van der Waals surface area contributed by atoms with E-state index in [0.29, 0.717) is 17.8 Å². The summed E-state index contributed by atoms with van der Waals surface area (Å²) in [6.45, 7) is 1.58. The average molecular weight is 374 g/mol. The summed E-state index contributed by atoms with van der Waals surface area (Å²) >= 11 is 0. The first kappa shape index (κ1) is 18.7. The highest BCUT2D eigenvalue weighted by atomic mass is 19.1. The van der Waals surface area contributed by atoms with E-state index in [1.54, 1.807) is 6.92 Å². The van der Waals surface area contributed by atoms with Gasteiger partial charge in [0.05, 0.1) is 12.3 Å². The van der Waals surface area contributed by atoms with Crippen molar-refractivity contribution >= 4 is 17.5 Å². The molecule has 0 spiro atoms. The van der Waals surface area contributed by atoms with E-state index in [2.05, 4.69) is 20.6 Å². The van der Waals surface area contributed by atoms with Crippen LogP contribution in [0.25, 0.3) is 11.3 Å². The zero-order valence-corrected chi connectivity index (χ0v) is 14.4. The van der Waals surface area contributed by atoms with E-state index >= 15 is 0 Å². The molecular weight excluding hydrogens is 357 g/mol. The number of benzene rings is 2. The van der Waals surface area contributed by atoms with Gasteiger partial charge >= 0.3 is 0 Å². The van der Waals surface area contributed by atoms with Crippen LogP contribution in [0.4, 0.5) is 30.6 Å². The maximum absolute atomic E-state index is 14.0. The summed E-state index contributed by atoms with van der Waals surface area (Å²) < 4.78 is 41.0. The Kier molecular flexibility index (Phi) is 5.56. The second-order valence-electron chi connectivity index (χ2n) is 5.93. The molecule has 1 heterocycles. The van der Waals surface area contributed by atoms with Gasteiger partial charge in [0.2, 0.25) is 5.95 Å². The van der Waals surface area contributed by atoms with Crippen molar-refractivity contribution in [2.45, 2.75) is 13.0 Å². The molecule has 0 radical (unpaired) electrons. The lowest BCUT2D eigenvalue weighted by Gasteiger charge is -2.15. The summed E-state index contributed by atoms with van der Waals surface area (Å²) in [5, 5.41) is 14.7. The van der Waals surface area contributed by atoms with Crippen molar-refractivity contribution in [3.63, 3.8) is 0 Å². The lowest BCUT2D eigenvalue weighted by molar-refractivity contribution is 0.281. The summed E-state index contributed by atoms with van der Waals surface area (Å²) in [4.78, 5) is 8.55. The molecule has 3 rings (SSSR count). The van der Waals surface area contributed by atoms with Gasteiger partial charge < -0.3 is 15.7 Å². The largest absolute Gasteiger partial charge is 0.394 e. The molecule has 0 fully saturated rings. The molecule has 0 unspecified atom stereocenters. The average Bonchev–Trinajstić information content (AvgIpc) is 2.65. The summed E-state index contributed by atoms with van der Waals surface area (Å²) in [6.07, 6.45) is 0. The minimum Gasteiger partial charge on any atom is -0.394 e. The molecule has 5 nitrogen and oxygen atoms in total. The summed E-state index contributed by atoms with van der Waals surface area (Å²) in [7, 11) is 0. The van der Waals surface area contributed by atoms with Gasteiger partial charge in [-0.15, -0.1) is 0 Å². The Balaban J connectivity index is 2.02. The first-order valence-corrected chi connectivity index (χ1v) is 8.19. The molecule has 3 aromatic rings. The predicted octanol–water partition coefficient (Wildman–Crippen LogP) is 4.10. The van der Waals surface area contributed by atoms with Crippen molar-refractivity contribution in [3.05, 3.63) is 66.0 Å². The molecule has 140 valence electrons. The molecule has 0 saturated carbocycles. The van der Waals surface area contributed by atoms with Gasteiger partial charge in [-0.2, -0.15) is 4.98 Å². The Morgan fingerprint density at radius 3 is 2.30 bits per heavy atom. The van der Waals surface area contributed by atoms with E-state index in [1.165, 1.54) is 6.07 Å². The van der Waals surface area contributed by atoms with Crippen LogP contribution in [0.3, 0.4) is 0 Å². The maximum Gasteiger partial charge on any atom is 0.225 e. The van der Waals surface area contributed by atoms with Gasteiger partial charge in [0.25, 0.3) is 0 Å². The van der Waals surface area contributed by atoms with Gasteiger partial charge in [-0.25, -0.2) is 18.2 Å². The second kappa shape index (κ2) is 8.05. The van der Waals surface area contributed by atoms with Crippen LogP contribution in [-0.4, -0.2) is 27.7 Å². The molecule has 2 aromatic carbocycles. The van der Waals surface area contributed by atoms with Crippen LogP contribution < -0.4 is 10.6 Å². The fourth-order valence-electron chi connectivity index (χ4n) is 2.39. The van der Waals surface area contributed by atoms with Crippen LogP contribution in [0.5, 0.6) is 0 Å². The van der Waals surface area contributed by atoms with E-state index in [9.17, 15) is 18.3 Å². The van der Waals surface area contributed by atoms with Gasteiger partial charge in [-0.1, -0.05) is 30.3 Å². The number of aliphatic hydroxyl groups excluding tert-OH is 1. The lowest BCUT2D eigenvalue weighted by Crippen LogP contribution is -2.21. The van der Waals surface area contributed by atoms with Crippen LogP contribution in [0.2, 0.25) is 0 Å². The van der Waals surface area contributed by atoms with Crippen LogP contribution >= 0.6 is 0 Å². The number of rotatable bonds is 6. The first-order chi connectivity index (χ1) is 13.0. The van der Waals surface area contributed by atoms with E-state index in [1.807, 2.05) is 30.3 Å². The van der Waals surface area contributed by atoms with Crippen molar-refractivity contribution in [3.8, 4) is 11.3 Å². The molecule has 0 aliphatic rings. The Hall–Kier alpha value is -3.13. The molecule has 8 heteroatoms. The van der Waals surface area contributed by atoms with Crippen molar-refractivity contribution in [1.82, 2.24) is 9.97 Å². The minimum atomic E-state index is -1.08. The zero-order chi connectivity index (χ0) is 19.4. The molecule has 0 aliphatic heterocycles. The Bertz CT molecular complexity index is 914. The number of halogens is 3. The zero-order valence-electron chi connectivity index (χ0n) is 14.4. The van der Waals surface area contributed by atoms with E-state index in [4.69, 9.17) is 0 Å². The SMILES string of the molecule is C[C@H](CO)Nc1nc(Nc2c(F)cc(F)cc2F)cc(-c2ccccc2)n1. The number of aromatic nitrogens is 2. The quantitative estimate of drug-likeness (QED) is 0.606. The van der Waals surface area contributed by atoms with Gasteiger partial charge in [0.1, 0.15) is 17.3 Å². The standard InChI is InChI=1S/C19H17F3N4O/c1-11(10-27)23-19-24-16(12-5-3-2-4-6-12)9-17(26-19)25-18-14(21)7-13(20)8-15(18)22/h2-9,11,27H,10H2,1H3,(H2,23,24,25,26)/t11-/m1/s1. The molecule has 3 N–H and O–H groups in total. The molecule has 0 amide bonds.